The minimum atomic E-state index is -0.0383. The van der Waals surface area contributed by atoms with Crippen LogP contribution in [0.1, 0.15) is 26.7 Å². The molecule has 6 atom stereocenters. The van der Waals surface area contributed by atoms with Crippen molar-refractivity contribution in [3.8, 4) is 0 Å². The van der Waals surface area contributed by atoms with Crippen molar-refractivity contribution in [3.05, 3.63) is 12.2 Å². The Morgan fingerprint density at radius 3 is 3.00 bits per heavy atom. The van der Waals surface area contributed by atoms with Crippen LogP contribution < -0.4 is 0 Å². The zero-order chi connectivity index (χ0) is 13.8. The van der Waals surface area contributed by atoms with Crippen LogP contribution in [0.15, 0.2) is 12.2 Å². The van der Waals surface area contributed by atoms with Gasteiger partial charge in [0.25, 0.3) is 0 Å². The Morgan fingerprint density at radius 2 is 2.32 bits per heavy atom. The number of hydrogen-bond donors (Lipinski definition) is 1. The van der Waals surface area contributed by atoms with Gasteiger partial charge in [-0.2, -0.15) is 0 Å². The second kappa shape index (κ2) is 4.61. The van der Waals surface area contributed by atoms with Gasteiger partial charge >= 0.3 is 120 Å². The summed E-state index contributed by atoms with van der Waals surface area (Å²) in [7, 11) is 0. The maximum atomic E-state index is 11.9. The van der Waals surface area contributed by atoms with Crippen molar-refractivity contribution in [2.75, 3.05) is 6.61 Å². The minimum absolute atomic E-state index is 0.0129. The molecule has 2 saturated heterocycles. The monoisotopic (exact) mass is 330 g/mol. The van der Waals surface area contributed by atoms with Crippen LogP contribution >= 0.6 is 0 Å². The summed E-state index contributed by atoms with van der Waals surface area (Å²) >= 11 is 0.429. The average Bonchev–Trinajstić information content (AvgIpc) is 2.65. The number of rotatable bonds is 1. The first-order chi connectivity index (χ1) is 8.99. The van der Waals surface area contributed by atoms with Crippen LogP contribution in [-0.2, 0) is 9.53 Å². The summed E-state index contributed by atoms with van der Waals surface area (Å²) in [6, 6.07) is 0. The molecule has 1 saturated carbocycles. The van der Waals surface area contributed by atoms with Gasteiger partial charge in [0.15, 0.2) is 0 Å². The second-order valence-corrected chi connectivity index (χ2v) is 9.02. The summed E-state index contributed by atoms with van der Waals surface area (Å²) in [4.78, 5) is 12.3. The molecule has 2 heterocycles. The van der Waals surface area contributed by atoms with Gasteiger partial charge in [-0.1, -0.05) is 0 Å². The Kier molecular flexibility index (Phi) is 3.32. The Balaban J connectivity index is 1.96. The molecule has 3 fully saturated rings. The summed E-state index contributed by atoms with van der Waals surface area (Å²) in [5.41, 5.74) is 1.33. The van der Waals surface area contributed by atoms with E-state index in [0.717, 1.165) is 18.2 Å². The predicted octanol–water partition coefficient (Wildman–Crippen LogP) is 2.05. The Hall–Kier alpha value is -0.311. The molecule has 0 bridgehead atoms. The van der Waals surface area contributed by atoms with E-state index >= 15 is 0 Å². The van der Waals surface area contributed by atoms with Gasteiger partial charge in [0.1, 0.15) is 0 Å². The molecule has 3 aliphatic rings. The van der Waals surface area contributed by atoms with E-state index in [1.165, 1.54) is 5.57 Å². The fourth-order valence-electron chi connectivity index (χ4n) is 4.33. The van der Waals surface area contributed by atoms with Crippen molar-refractivity contribution in [1.82, 2.24) is 0 Å². The van der Waals surface area contributed by atoms with E-state index in [1.54, 1.807) is 0 Å². The van der Waals surface area contributed by atoms with E-state index < -0.39 is 0 Å². The quantitative estimate of drug-likeness (QED) is 0.455. The molecular weight excluding hydrogens is 307 g/mol. The molecule has 0 aromatic heterocycles. The summed E-state index contributed by atoms with van der Waals surface area (Å²) in [5, 5.41) is 10.7. The van der Waals surface area contributed by atoms with Crippen molar-refractivity contribution in [2.24, 2.45) is 23.2 Å². The maximum absolute atomic E-state index is 11.9. The third-order valence-corrected chi connectivity index (χ3v) is 8.97. The van der Waals surface area contributed by atoms with E-state index in [9.17, 15) is 9.90 Å². The number of esters is 1. The summed E-state index contributed by atoms with van der Waals surface area (Å²) in [5.74, 6) is 0.603. The van der Waals surface area contributed by atoms with Gasteiger partial charge in [-0.15, -0.1) is 0 Å². The van der Waals surface area contributed by atoms with Crippen molar-refractivity contribution >= 4 is 20.9 Å². The van der Waals surface area contributed by atoms with Crippen LogP contribution in [0, 0.1) is 23.2 Å². The molecule has 3 nitrogen and oxygen atoms in total. The fourth-order valence-corrected chi connectivity index (χ4v) is 7.16. The van der Waals surface area contributed by atoms with Gasteiger partial charge in [0, 0.05) is 0 Å². The van der Waals surface area contributed by atoms with E-state index in [2.05, 4.69) is 13.5 Å². The van der Waals surface area contributed by atoms with Gasteiger partial charge in [-0.25, -0.2) is 0 Å². The van der Waals surface area contributed by atoms with Gasteiger partial charge in [0.2, 0.25) is 0 Å². The molecular formula is C15H22O3Se. The SMILES string of the molecule is C=C1C[Se][C@H](CO)[C@]2(C)CC[C@@H]3[C@H](OC(=O)[C@H]3C)[C@@H]12. The molecule has 1 N–H and O–H groups in total. The van der Waals surface area contributed by atoms with Crippen LogP contribution in [0.5, 0.6) is 0 Å². The fraction of sp³-hybridized carbons (Fsp3) is 0.800. The Labute approximate surface area is 120 Å². The second-order valence-electron chi connectivity index (χ2n) is 6.52. The molecule has 19 heavy (non-hydrogen) atoms. The molecule has 4 heteroatoms. The summed E-state index contributed by atoms with van der Waals surface area (Å²) < 4.78 is 5.70. The first-order valence-corrected chi connectivity index (χ1v) is 9.29. The molecule has 1 aliphatic carbocycles. The number of aliphatic hydroxyl groups excluding tert-OH is 1. The standard InChI is InChI=1S/C15H22O3Se/c1-8-7-19-11(6-16)15(3)5-4-10-9(2)14(17)18-13(10)12(8)15/h9-13,16H,1,4-7H2,2-3H3/t9-,10-,11+,12+,13-,15-/m0/s1. The van der Waals surface area contributed by atoms with Crippen LogP contribution in [0.3, 0.4) is 0 Å². The Morgan fingerprint density at radius 1 is 1.58 bits per heavy atom. The normalized spacial score (nSPS) is 49.5. The number of fused-ring (bicyclic) bond motifs is 3. The molecule has 0 aromatic carbocycles. The third-order valence-electron chi connectivity index (χ3n) is 5.55. The van der Waals surface area contributed by atoms with Gasteiger partial charge in [-0.3, -0.25) is 0 Å². The summed E-state index contributed by atoms with van der Waals surface area (Å²) in [6.07, 6.45) is 2.15. The number of aliphatic hydroxyl groups is 1. The molecule has 3 rings (SSSR count). The zero-order valence-corrected chi connectivity index (χ0v) is 13.3. The number of carbonyl (C=O) groups is 1. The zero-order valence-electron chi connectivity index (χ0n) is 11.6. The van der Waals surface area contributed by atoms with Crippen molar-refractivity contribution in [2.45, 2.75) is 42.9 Å². The van der Waals surface area contributed by atoms with Crippen LogP contribution in [0.25, 0.3) is 0 Å². The first kappa shape index (κ1) is 13.7. The number of hydrogen-bond acceptors (Lipinski definition) is 3. The molecule has 0 amide bonds. The Bertz CT molecular complexity index is 422. The van der Waals surface area contributed by atoms with Crippen LogP contribution in [0.2, 0.25) is 10.1 Å². The van der Waals surface area contributed by atoms with Crippen LogP contribution in [-0.4, -0.2) is 38.7 Å². The first-order valence-electron chi connectivity index (χ1n) is 7.09. The van der Waals surface area contributed by atoms with E-state index in [4.69, 9.17) is 4.74 Å². The van der Waals surface area contributed by atoms with E-state index in [0.29, 0.717) is 25.7 Å². The summed E-state index contributed by atoms with van der Waals surface area (Å²) in [6.45, 7) is 8.80. The molecule has 2 aliphatic heterocycles. The molecule has 106 valence electrons. The van der Waals surface area contributed by atoms with Gasteiger partial charge < -0.3 is 0 Å². The molecule has 0 unspecified atom stereocenters. The predicted molar refractivity (Wildman–Crippen MR) is 73.9 cm³/mol. The molecule has 0 spiro atoms. The van der Waals surface area contributed by atoms with Gasteiger partial charge in [-0.05, 0) is 0 Å². The van der Waals surface area contributed by atoms with Crippen molar-refractivity contribution in [1.29, 1.82) is 0 Å². The van der Waals surface area contributed by atoms with E-state index in [1.807, 2.05) is 6.92 Å². The average molecular weight is 329 g/mol. The van der Waals surface area contributed by atoms with Crippen molar-refractivity contribution in [3.63, 3.8) is 0 Å². The molecule has 0 aromatic rings. The number of ether oxygens (including phenoxy) is 1. The van der Waals surface area contributed by atoms with E-state index in [-0.39, 0.29) is 35.9 Å². The third kappa shape index (κ3) is 1.84. The topological polar surface area (TPSA) is 46.5 Å². The number of carbonyl (C=O) groups excluding carboxylic acids is 1. The van der Waals surface area contributed by atoms with Gasteiger partial charge in [0.05, 0.1) is 0 Å². The van der Waals surface area contributed by atoms with Crippen molar-refractivity contribution < 1.29 is 14.6 Å². The molecule has 0 radical (unpaired) electrons. The van der Waals surface area contributed by atoms with Crippen LogP contribution in [0.4, 0.5) is 0 Å².